The van der Waals surface area contributed by atoms with E-state index in [9.17, 15) is 4.79 Å². The molecule has 0 bridgehead atoms. The molecule has 1 amide bonds. The van der Waals surface area contributed by atoms with Crippen LogP contribution >= 0.6 is 11.6 Å². The van der Waals surface area contributed by atoms with E-state index in [1.54, 1.807) is 0 Å². The zero-order valence-electron chi connectivity index (χ0n) is 11.3. The molecule has 6 heteroatoms. The Morgan fingerprint density at radius 2 is 2.16 bits per heavy atom. The van der Waals surface area contributed by atoms with Crippen LogP contribution in [0.25, 0.3) is 0 Å². The van der Waals surface area contributed by atoms with Crippen molar-refractivity contribution >= 4 is 23.3 Å². The first-order chi connectivity index (χ1) is 9.11. The first-order valence-electron chi connectivity index (χ1n) is 6.66. The number of hydrogen-bond acceptors (Lipinski definition) is 4. The van der Waals surface area contributed by atoms with Gasteiger partial charge in [0, 0.05) is 18.0 Å². The molecular weight excluding hydrogens is 264 g/mol. The molecule has 0 saturated heterocycles. The van der Waals surface area contributed by atoms with Gasteiger partial charge < -0.3 is 10.6 Å². The summed E-state index contributed by atoms with van der Waals surface area (Å²) in [6.07, 6.45) is 3.17. The van der Waals surface area contributed by atoms with E-state index in [-0.39, 0.29) is 12.5 Å². The van der Waals surface area contributed by atoms with Crippen LogP contribution in [0.4, 0.5) is 5.82 Å². The monoisotopic (exact) mass is 282 g/mol. The van der Waals surface area contributed by atoms with Gasteiger partial charge in [0.2, 0.25) is 5.91 Å². The summed E-state index contributed by atoms with van der Waals surface area (Å²) in [6, 6.07) is 0. The Morgan fingerprint density at radius 3 is 2.79 bits per heavy atom. The maximum Gasteiger partial charge on any atom is 0.239 e. The first-order valence-corrected chi connectivity index (χ1v) is 7.04. The molecule has 104 valence electrons. The van der Waals surface area contributed by atoms with E-state index in [0.717, 1.165) is 30.7 Å². The van der Waals surface area contributed by atoms with Gasteiger partial charge in [0.05, 0.1) is 6.54 Å². The lowest BCUT2D eigenvalue weighted by molar-refractivity contribution is -0.119. The van der Waals surface area contributed by atoms with Crippen LogP contribution < -0.4 is 10.6 Å². The third-order valence-electron chi connectivity index (χ3n) is 3.03. The van der Waals surface area contributed by atoms with E-state index in [1.807, 2.05) is 13.8 Å². The predicted octanol–water partition coefficient (Wildman–Crippen LogP) is 2.25. The molecule has 2 N–H and O–H groups in total. The normalized spacial score (nSPS) is 14.3. The highest BCUT2D eigenvalue weighted by Gasteiger charge is 2.28. The SMILES string of the molecule is CCCNC(=O)CNc1nc(C2CC2)nc(Cl)c1C. The number of hydrogen-bond donors (Lipinski definition) is 2. The van der Waals surface area contributed by atoms with Gasteiger partial charge in [-0.05, 0) is 26.2 Å². The Labute approximate surface area is 118 Å². The Kier molecular flexibility index (Phi) is 4.58. The molecule has 0 aromatic carbocycles. The summed E-state index contributed by atoms with van der Waals surface area (Å²) >= 11 is 6.10. The molecule has 0 atom stereocenters. The molecule has 0 spiro atoms. The van der Waals surface area contributed by atoms with Crippen molar-refractivity contribution in [2.24, 2.45) is 0 Å². The number of amides is 1. The highest BCUT2D eigenvalue weighted by atomic mass is 35.5. The molecule has 1 fully saturated rings. The summed E-state index contributed by atoms with van der Waals surface area (Å²) in [7, 11) is 0. The number of anilines is 1. The van der Waals surface area contributed by atoms with E-state index in [2.05, 4.69) is 20.6 Å². The molecule has 0 aliphatic heterocycles. The van der Waals surface area contributed by atoms with Crippen LogP contribution in [0.5, 0.6) is 0 Å². The third-order valence-corrected chi connectivity index (χ3v) is 3.40. The molecule has 5 nitrogen and oxygen atoms in total. The van der Waals surface area contributed by atoms with Gasteiger partial charge in [-0.15, -0.1) is 0 Å². The van der Waals surface area contributed by atoms with Crippen molar-refractivity contribution in [3.63, 3.8) is 0 Å². The Morgan fingerprint density at radius 1 is 1.42 bits per heavy atom. The second-order valence-electron chi connectivity index (χ2n) is 4.82. The molecule has 1 aromatic heterocycles. The van der Waals surface area contributed by atoms with Gasteiger partial charge in [0.25, 0.3) is 0 Å². The average molecular weight is 283 g/mol. The predicted molar refractivity (Wildman–Crippen MR) is 75.5 cm³/mol. The van der Waals surface area contributed by atoms with Crippen molar-refractivity contribution < 1.29 is 4.79 Å². The lowest BCUT2D eigenvalue weighted by atomic mass is 10.3. The van der Waals surface area contributed by atoms with Crippen LogP contribution in [0.2, 0.25) is 5.15 Å². The molecule has 19 heavy (non-hydrogen) atoms. The van der Waals surface area contributed by atoms with Gasteiger partial charge in [-0.3, -0.25) is 4.79 Å². The number of nitrogens with zero attached hydrogens (tertiary/aromatic N) is 2. The van der Waals surface area contributed by atoms with E-state index < -0.39 is 0 Å². The van der Waals surface area contributed by atoms with Gasteiger partial charge in [-0.1, -0.05) is 18.5 Å². The quantitative estimate of drug-likeness (QED) is 0.786. The number of carbonyl (C=O) groups is 1. The molecule has 0 unspecified atom stereocenters. The summed E-state index contributed by atoms with van der Waals surface area (Å²) in [5, 5.41) is 6.31. The van der Waals surface area contributed by atoms with E-state index in [1.165, 1.54) is 0 Å². The zero-order valence-corrected chi connectivity index (χ0v) is 12.0. The summed E-state index contributed by atoms with van der Waals surface area (Å²) in [5.74, 6) is 1.84. The van der Waals surface area contributed by atoms with Crippen molar-refractivity contribution in [3.8, 4) is 0 Å². The molecule has 1 aliphatic rings. The topological polar surface area (TPSA) is 66.9 Å². The van der Waals surface area contributed by atoms with Gasteiger partial charge in [-0.25, -0.2) is 9.97 Å². The molecule has 0 radical (unpaired) electrons. The lowest BCUT2D eigenvalue weighted by Gasteiger charge is -2.11. The van der Waals surface area contributed by atoms with E-state index in [0.29, 0.717) is 23.4 Å². The van der Waals surface area contributed by atoms with Crippen LogP contribution in [0.1, 0.15) is 43.5 Å². The van der Waals surface area contributed by atoms with Crippen LogP contribution in [-0.2, 0) is 4.79 Å². The smallest absolute Gasteiger partial charge is 0.239 e. The lowest BCUT2D eigenvalue weighted by Crippen LogP contribution is -2.30. The van der Waals surface area contributed by atoms with Crippen molar-refractivity contribution in [1.29, 1.82) is 0 Å². The van der Waals surface area contributed by atoms with Crippen LogP contribution in [-0.4, -0.2) is 29.0 Å². The van der Waals surface area contributed by atoms with Crippen LogP contribution in [0.3, 0.4) is 0 Å². The Hall–Kier alpha value is -1.36. The number of carbonyl (C=O) groups excluding carboxylic acids is 1. The van der Waals surface area contributed by atoms with Crippen molar-refractivity contribution in [3.05, 3.63) is 16.5 Å². The number of nitrogens with one attached hydrogen (secondary N) is 2. The fraction of sp³-hybridized carbons (Fsp3) is 0.615. The summed E-state index contributed by atoms with van der Waals surface area (Å²) < 4.78 is 0. The largest absolute Gasteiger partial charge is 0.361 e. The average Bonchev–Trinajstić information content (AvgIpc) is 3.22. The summed E-state index contributed by atoms with van der Waals surface area (Å²) in [5.41, 5.74) is 0.786. The summed E-state index contributed by atoms with van der Waals surface area (Å²) in [6.45, 7) is 4.77. The van der Waals surface area contributed by atoms with Gasteiger partial charge in [-0.2, -0.15) is 0 Å². The van der Waals surface area contributed by atoms with Crippen LogP contribution in [0.15, 0.2) is 0 Å². The van der Waals surface area contributed by atoms with Gasteiger partial charge in [0.15, 0.2) is 0 Å². The molecular formula is C13H19ClN4O. The Balaban J connectivity index is 2.00. The number of halogens is 1. The third kappa shape index (κ3) is 3.80. The fourth-order valence-corrected chi connectivity index (χ4v) is 1.87. The molecule has 1 saturated carbocycles. The number of aromatic nitrogens is 2. The minimum atomic E-state index is -0.0380. The van der Waals surface area contributed by atoms with Crippen molar-refractivity contribution in [2.45, 2.75) is 39.0 Å². The molecule has 1 aliphatic carbocycles. The second kappa shape index (κ2) is 6.19. The molecule has 1 heterocycles. The van der Waals surface area contributed by atoms with E-state index in [4.69, 9.17) is 11.6 Å². The van der Waals surface area contributed by atoms with Gasteiger partial charge >= 0.3 is 0 Å². The molecule has 1 aromatic rings. The van der Waals surface area contributed by atoms with E-state index >= 15 is 0 Å². The van der Waals surface area contributed by atoms with Crippen molar-refractivity contribution in [1.82, 2.24) is 15.3 Å². The second-order valence-corrected chi connectivity index (χ2v) is 5.18. The standard InChI is InChI=1S/C13H19ClN4O/c1-3-6-15-10(19)7-16-12-8(2)11(14)17-13(18-12)9-4-5-9/h9H,3-7H2,1-2H3,(H,15,19)(H,16,17,18). The minimum Gasteiger partial charge on any atom is -0.361 e. The fourth-order valence-electron chi connectivity index (χ4n) is 1.69. The first kappa shape index (κ1) is 14.1. The Bertz CT molecular complexity index is 474. The summed E-state index contributed by atoms with van der Waals surface area (Å²) in [4.78, 5) is 20.3. The maximum absolute atomic E-state index is 11.6. The number of rotatable bonds is 6. The van der Waals surface area contributed by atoms with Crippen LogP contribution in [0, 0.1) is 6.92 Å². The molecule has 2 rings (SSSR count). The maximum atomic E-state index is 11.6. The minimum absolute atomic E-state index is 0.0380. The zero-order chi connectivity index (χ0) is 13.8. The highest BCUT2D eigenvalue weighted by molar-refractivity contribution is 6.30. The van der Waals surface area contributed by atoms with Gasteiger partial charge in [0.1, 0.15) is 16.8 Å². The highest BCUT2D eigenvalue weighted by Crippen LogP contribution is 2.39. The van der Waals surface area contributed by atoms with Crippen molar-refractivity contribution in [2.75, 3.05) is 18.4 Å².